The molecule has 2 rings (SSSR count). The summed E-state index contributed by atoms with van der Waals surface area (Å²) in [6.07, 6.45) is 2.49. The Bertz CT molecular complexity index is 308. The second-order valence-corrected chi connectivity index (χ2v) is 5.55. The van der Waals surface area contributed by atoms with E-state index in [0.717, 1.165) is 12.8 Å². The van der Waals surface area contributed by atoms with Gasteiger partial charge < -0.3 is 9.47 Å². The van der Waals surface area contributed by atoms with Crippen molar-refractivity contribution in [2.75, 3.05) is 0 Å². The maximum atomic E-state index is 9.06. The molecule has 0 radical (unpaired) electrons. The van der Waals surface area contributed by atoms with Gasteiger partial charge in [0.25, 0.3) is 0 Å². The number of rotatable bonds is 2. The highest BCUT2D eigenvalue weighted by molar-refractivity contribution is 5.02. The molecule has 1 aliphatic heterocycles. The molecule has 2 aliphatic rings. The van der Waals surface area contributed by atoms with E-state index in [2.05, 4.69) is 13.0 Å². The molecular formula is C13H21NO2. The van der Waals surface area contributed by atoms with Crippen LogP contribution in [0.1, 0.15) is 40.5 Å². The minimum absolute atomic E-state index is 0.0570. The van der Waals surface area contributed by atoms with Crippen molar-refractivity contribution < 1.29 is 9.47 Å². The van der Waals surface area contributed by atoms with Crippen LogP contribution in [0, 0.1) is 29.1 Å². The van der Waals surface area contributed by atoms with Crippen molar-refractivity contribution in [2.24, 2.45) is 17.8 Å². The maximum Gasteiger partial charge on any atom is 0.163 e. The minimum Gasteiger partial charge on any atom is -0.344 e. The molecule has 1 saturated carbocycles. The normalized spacial score (nSPS) is 42.7. The average molecular weight is 223 g/mol. The fraction of sp³-hybridized carbons (Fsp3) is 0.923. The fourth-order valence-electron chi connectivity index (χ4n) is 3.11. The van der Waals surface area contributed by atoms with Crippen molar-refractivity contribution in [1.82, 2.24) is 0 Å². The van der Waals surface area contributed by atoms with Crippen molar-refractivity contribution in [3.05, 3.63) is 0 Å². The van der Waals surface area contributed by atoms with Gasteiger partial charge in [-0.3, -0.25) is 0 Å². The maximum absolute atomic E-state index is 9.06. The van der Waals surface area contributed by atoms with Gasteiger partial charge in [0, 0.05) is 11.8 Å². The van der Waals surface area contributed by atoms with Crippen LogP contribution in [0.15, 0.2) is 0 Å². The third-order valence-electron chi connectivity index (χ3n) is 4.00. The van der Waals surface area contributed by atoms with Gasteiger partial charge in [0.2, 0.25) is 0 Å². The highest BCUT2D eigenvalue weighted by Crippen LogP contribution is 2.48. The molecule has 0 aromatic carbocycles. The molecule has 3 nitrogen and oxygen atoms in total. The molecule has 1 saturated heterocycles. The van der Waals surface area contributed by atoms with Gasteiger partial charge >= 0.3 is 0 Å². The first kappa shape index (κ1) is 11.9. The van der Waals surface area contributed by atoms with Gasteiger partial charge in [-0.1, -0.05) is 13.3 Å². The largest absolute Gasteiger partial charge is 0.344 e. The smallest absolute Gasteiger partial charge is 0.163 e. The van der Waals surface area contributed by atoms with Crippen molar-refractivity contribution >= 4 is 0 Å². The van der Waals surface area contributed by atoms with Crippen LogP contribution in [0.4, 0.5) is 0 Å². The van der Waals surface area contributed by atoms with Crippen LogP contribution in [0.3, 0.4) is 0 Å². The van der Waals surface area contributed by atoms with E-state index < -0.39 is 5.79 Å². The Labute approximate surface area is 97.7 Å². The predicted octanol–water partition coefficient (Wildman–Crippen LogP) is 2.71. The molecule has 0 spiro atoms. The van der Waals surface area contributed by atoms with E-state index in [9.17, 15) is 0 Å². The molecule has 1 aliphatic carbocycles. The molecule has 90 valence electrons. The molecular weight excluding hydrogens is 202 g/mol. The molecule has 0 aromatic rings. The van der Waals surface area contributed by atoms with Gasteiger partial charge in [-0.25, -0.2) is 0 Å². The van der Waals surface area contributed by atoms with Crippen LogP contribution in [-0.2, 0) is 9.47 Å². The van der Waals surface area contributed by atoms with E-state index in [1.54, 1.807) is 0 Å². The third-order valence-corrected chi connectivity index (χ3v) is 4.00. The number of fused-ring (bicyclic) bond motifs is 1. The summed E-state index contributed by atoms with van der Waals surface area (Å²) in [4.78, 5) is 0. The van der Waals surface area contributed by atoms with Crippen molar-refractivity contribution in [3.8, 4) is 6.07 Å². The van der Waals surface area contributed by atoms with Crippen LogP contribution >= 0.6 is 0 Å². The molecule has 1 heterocycles. The molecule has 1 unspecified atom stereocenters. The average Bonchev–Trinajstić information content (AvgIpc) is 2.69. The quantitative estimate of drug-likeness (QED) is 0.722. The minimum atomic E-state index is -0.476. The number of ether oxygens (including phenoxy) is 2. The van der Waals surface area contributed by atoms with Crippen molar-refractivity contribution in [1.29, 1.82) is 5.26 Å². The van der Waals surface area contributed by atoms with E-state index >= 15 is 0 Å². The Morgan fingerprint density at radius 3 is 2.56 bits per heavy atom. The summed E-state index contributed by atoms with van der Waals surface area (Å²) in [5.74, 6) is 0.465. The lowest BCUT2D eigenvalue weighted by Crippen LogP contribution is -2.28. The number of nitrogens with zero attached hydrogens (tertiary/aromatic N) is 1. The Hall–Kier alpha value is -0.590. The standard InChI is InChI=1S/C13H21NO2/c1-5-9-6-10(8(2)7-14)12-11(9)15-13(3,4)16-12/h8-12H,5-6H2,1-4H3/t8?,9-,10-,11+,12-/m0/s1. The zero-order valence-corrected chi connectivity index (χ0v) is 10.6. The summed E-state index contributed by atoms with van der Waals surface area (Å²) >= 11 is 0. The summed E-state index contributed by atoms with van der Waals surface area (Å²) in [7, 11) is 0. The van der Waals surface area contributed by atoms with Gasteiger partial charge in [0.1, 0.15) is 0 Å². The third kappa shape index (κ3) is 1.85. The molecule has 0 aromatic heterocycles. The van der Waals surface area contributed by atoms with Gasteiger partial charge in [0.05, 0.1) is 18.3 Å². The lowest BCUT2D eigenvalue weighted by atomic mass is 9.91. The number of hydrogen-bond donors (Lipinski definition) is 0. The summed E-state index contributed by atoms with van der Waals surface area (Å²) < 4.78 is 11.9. The van der Waals surface area contributed by atoms with E-state index in [1.165, 1.54) is 0 Å². The molecule has 0 bridgehead atoms. The first-order valence-corrected chi connectivity index (χ1v) is 6.23. The molecule has 16 heavy (non-hydrogen) atoms. The van der Waals surface area contributed by atoms with Gasteiger partial charge in [-0.2, -0.15) is 5.26 Å². The van der Waals surface area contributed by atoms with Crippen LogP contribution in [0.25, 0.3) is 0 Å². The molecule has 2 fully saturated rings. The molecule has 0 N–H and O–H groups in total. The van der Waals surface area contributed by atoms with Crippen LogP contribution in [-0.4, -0.2) is 18.0 Å². The first-order chi connectivity index (χ1) is 7.48. The van der Waals surface area contributed by atoms with E-state index in [4.69, 9.17) is 14.7 Å². The fourth-order valence-corrected chi connectivity index (χ4v) is 3.11. The Morgan fingerprint density at radius 2 is 2.00 bits per heavy atom. The lowest BCUT2D eigenvalue weighted by molar-refractivity contribution is -0.162. The van der Waals surface area contributed by atoms with Crippen molar-refractivity contribution in [3.63, 3.8) is 0 Å². The van der Waals surface area contributed by atoms with E-state index in [0.29, 0.717) is 11.8 Å². The summed E-state index contributed by atoms with van der Waals surface area (Å²) in [6, 6.07) is 2.36. The van der Waals surface area contributed by atoms with Crippen LogP contribution in [0.2, 0.25) is 0 Å². The van der Waals surface area contributed by atoms with Crippen LogP contribution in [0.5, 0.6) is 0 Å². The SMILES string of the molecule is CC[C@H]1C[C@@H](C(C)C#N)[C@@H]2OC(C)(C)O[C@H]12. The van der Waals surface area contributed by atoms with Crippen molar-refractivity contribution in [2.45, 2.75) is 58.5 Å². The molecule has 3 heteroatoms. The zero-order chi connectivity index (χ0) is 11.9. The van der Waals surface area contributed by atoms with Gasteiger partial charge in [-0.15, -0.1) is 0 Å². The Kier molecular flexibility index (Phi) is 2.98. The highest BCUT2D eigenvalue weighted by atomic mass is 16.8. The Balaban J connectivity index is 2.18. The summed E-state index contributed by atoms with van der Waals surface area (Å²) in [6.45, 7) is 8.11. The van der Waals surface area contributed by atoms with Gasteiger partial charge in [0.15, 0.2) is 5.79 Å². The summed E-state index contributed by atoms with van der Waals surface area (Å²) in [5, 5.41) is 9.06. The van der Waals surface area contributed by atoms with E-state index in [1.807, 2.05) is 20.8 Å². The second-order valence-electron chi connectivity index (χ2n) is 5.55. The lowest BCUT2D eigenvalue weighted by Gasteiger charge is -2.24. The molecule has 5 atom stereocenters. The number of hydrogen-bond acceptors (Lipinski definition) is 3. The first-order valence-electron chi connectivity index (χ1n) is 6.23. The predicted molar refractivity (Wildman–Crippen MR) is 60.5 cm³/mol. The Morgan fingerprint density at radius 1 is 1.38 bits per heavy atom. The topological polar surface area (TPSA) is 42.2 Å². The van der Waals surface area contributed by atoms with Gasteiger partial charge in [-0.05, 0) is 33.1 Å². The monoisotopic (exact) mass is 223 g/mol. The summed E-state index contributed by atoms with van der Waals surface area (Å²) in [5.41, 5.74) is 0. The number of nitriles is 1. The highest BCUT2D eigenvalue weighted by Gasteiger charge is 2.54. The zero-order valence-electron chi connectivity index (χ0n) is 10.6. The van der Waals surface area contributed by atoms with Crippen LogP contribution < -0.4 is 0 Å². The second kappa shape index (κ2) is 4.01. The molecule has 0 amide bonds. The van der Waals surface area contributed by atoms with E-state index in [-0.39, 0.29) is 18.1 Å².